The van der Waals surface area contributed by atoms with Gasteiger partial charge in [-0.25, -0.2) is 23.3 Å². The van der Waals surface area contributed by atoms with Gasteiger partial charge in [-0.3, -0.25) is 4.79 Å². The monoisotopic (exact) mass is 520 g/mol. The highest BCUT2D eigenvalue weighted by Crippen LogP contribution is 2.36. The number of hydrogen-bond acceptors (Lipinski definition) is 5. The maximum atomic E-state index is 13.6. The van der Waals surface area contributed by atoms with Crippen LogP contribution in [0.4, 0.5) is 18.4 Å². The van der Waals surface area contributed by atoms with Gasteiger partial charge in [0, 0.05) is 11.6 Å². The molecule has 0 aromatic heterocycles. The van der Waals surface area contributed by atoms with Gasteiger partial charge in [-0.15, -0.1) is 0 Å². The van der Waals surface area contributed by atoms with Crippen LogP contribution in [-0.4, -0.2) is 60.6 Å². The Morgan fingerprint density at radius 1 is 1.11 bits per heavy atom. The molecule has 2 heterocycles. The molecule has 11 heteroatoms. The van der Waals surface area contributed by atoms with E-state index in [0.29, 0.717) is 50.5 Å². The Hall–Kier alpha value is -3.24. The summed E-state index contributed by atoms with van der Waals surface area (Å²) >= 11 is 5.98. The Bertz CT molecular complexity index is 1140. The van der Waals surface area contributed by atoms with Crippen LogP contribution < -0.4 is 11.1 Å². The summed E-state index contributed by atoms with van der Waals surface area (Å²) in [6, 6.07) is 8.90. The van der Waals surface area contributed by atoms with Crippen LogP contribution in [0.2, 0.25) is 5.02 Å². The third-order valence-electron chi connectivity index (χ3n) is 6.93. The van der Waals surface area contributed by atoms with E-state index in [-0.39, 0.29) is 18.1 Å². The second-order valence-corrected chi connectivity index (χ2v) is 9.45. The summed E-state index contributed by atoms with van der Waals surface area (Å²) in [7, 11) is 0. The lowest BCUT2D eigenvalue weighted by Gasteiger charge is -2.40. The maximum Gasteiger partial charge on any atom is 0.418 e. The zero-order valence-electron chi connectivity index (χ0n) is 19.5. The lowest BCUT2D eigenvalue weighted by molar-refractivity contribution is -0.125. The SMILES string of the molecule is NC(=O)C1(c2ccc(Cl)cc2)CCN(CCCNC(=O)N2C(=O)OCC2c2ccc(F)c(F)c2)CC1. The molecule has 2 aliphatic rings. The average molecular weight is 521 g/mol. The molecule has 36 heavy (non-hydrogen) atoms. The van der Waals surface area contributed by atoms with E-state index in [1.807, 2.05) is 12.1 Å². The molecular weight excluding hydrogens is 494 g/mol. The van der Waals surface area contributed by atoms with E-state index < -0.39 is 35.2 Å². The van der Waals surface area contributed by atoms with Gasteiger partial charge in [0.25, 0.3) is 0 Å². The lowest BCUT2D eigenvalue weighted by Crippen LogP contribution is -2.50. The minimum Gasteiger partial charge on any atom is -0.446 e. The topological polar surface area (TPSA) is 105 Å². The number of piperidine rings is 1. The molecule has 2 aliphatic heterocycles. The number of benzene rings is 2. The number of nitrogens with zero attached hydrogens (tertiary/aromatic N) is 2. The van der Waals surface area contributed by atoms with Gasteiger partial charge in [0.2, 0.25) is 5.91 Å². The van der Waals surface area contributed by atoms with Crippen molar-refractivity contribution in [2.24, 2.45) is 5.73 Å². The van der Waals surface area contributed by atoms with Crippen LogP contribution >= 0.6 is 11.6 Å². The van der Waals surface area contributed by atoms with Gasteiger partial charge in [0.05, 0.1) is 5.41 Å². The van der Waals surface area contributed by atoms with Crippen molar-refractivity contribution in [3.8, 4) is 0 Å². The molecule has 0 spiro atoms. The molecule has 2 saturated heterocycles. The third kappa shape index (κ3) is 5.29. The number of primary amides is 1. The highest BCUT2D eigenvalue weighted by molar-refractivity contribution is 6.30. The molecule has 2 aromatic rings. The number of cyclic esters (lactones) is 1. The second kappa shape index (κ2) is 10.8. The molecule has 0 radical (unpaired) electrons. The van der Waals surface area contributed by atoms with E-state index >= 15 is 0 Å². The van der Waals surface area contributed by atoms with Crippen LogP contribution in [0, 0.1) is 11.6 Å². The molecule has 2 aromatic carbocycles. The summed E-state index contributed by atoms with van der Waals surface area (Å²) in [5.41, 5.74) is 6.18. The van der Waals surface area contributed by atoms with Crippen molar-refractivity contribution in [3.05, 3.63) is 70.2 Å². The zero-order chi connectivity index (χ0) is 25.9. The quantitative estimate of drug-likeness (QED) is 0.541. The van der Waals surface area contributed by atoms with Crippen LogP contribution in [0.15, 0.2) is 42.5 Å². The maximum absolute atomic E-state index is 13.6. The number of imide groups is 1. The van der Waals surface area contributed by atoms with E-state index in [4.69, 9.17) is 22.1 Å². The van der Waals surface area contributed by atoms with Crippen molar-refractivity contribution in [2.75, 3.05) is 32.8 Å². The molecule has 2 fully saturated rings. The Labute approximate surface area is 212 Å². The molecule has 1 unspecified atom stereocenters. The first-order valence-corrected chi connectivity index (χ1v) is 12.1. The van der Waals surface area contributed by atoms with Gasteiger partial charge in [0.15, 0.2) is 11.6 Å². The predicted octanol–water partition coefficient (Wildman–Crippen LogP) is 3.73. The van der Waals surface area contributed by atoms with E-state index in [2.05, 4.69) is 10.2 Å². The summed E-state index contributed by atoms with van der Waals surface area (Å²) in [5, 5.41) is 3.28. The van der Waals surface area contributed by atoms with Gasteiger partial charge in [0.1, 0.15) is 12.6 Å². The number of rotatable bonds is 7. The number of halogens is 3. The number of likely N-dealkylation sites (tertiary alicyclic amines) is 1. The van der Waals surface area contributed by atoms with Crippen LogP contribution in [0.1, 0.15) is 36.4 Å². The van der Waals surface area contributed by atoms with E-state index in [9.17, 15) is 23.2 Å². The third-order valence-corrected chi connectivity index (χ3v) is 7.18. The normalized spacial score (nSPS) is 19.7. The van der Waals surface area contributed by atoms with E-state index in [1.165, 1.54) is 6.07 Å². The van der Waals surface area contributed by atoms with Crippen molar-refractivity contribution in [3.63, 3.8) is 0 Å². The first-order valence-electron chi connectivity index (χ1n) is 11.7. The number of nitrogens with two attached hydrogens (primary N) is 1. The Morgan fingerprint density at radius 2 is 1.81 bits per heavy atom. The summed E-state index contributed by atoms with van der Waals surface area (Å²) < 4.78 is 31.9. The average Bonchev–Trinajstić information content (AvgIpc) is 3.25. The Morgan fingerprint density at radius 3 is 2.44 bits per heavy atom. The van der Waals surface area contributed by atoms with Crippen molar-refractivity contribution < 1.29 is 27.9 Å². The molecule has 3 N–H and O–H groups in total. The summed E-state index contributed by atoms with van der Waals surface area (Å²) in [6.45, 7) is 2.15. The number of nitrogens with one attached hydrogen (secondary N) is 1. The van der Waals surface area contributed by atoms with Gasteiger partial charge in [-0.05, 0) is 74.3 Å². The predicted molar refractivity (Wildman–Crippen MR) is 128 cm³/mol. The van der Waals surface area contributed by atoms with Crippen molar-refractivity contribution in [2.45, 2.75) is 30.7 Å². The van der Waals surface area contributed by atoms with Crippen molar-refractivity contribution in [1.29, 1.82) is 0 Å². The lowest BCUT2D eigenvalue weighted by atomic mass is 9.72. The Balaban J connectivity index is 1.27. The van der Waals surface area contributed by atoms with E-state index in [0.717, 1.165) is 22.6 Å². The highest BCUT2D eigenvalue weighted by atomic mass is 35.5. The van der Waals surface area contributed by atoms with Gasteiger partial charge in [-0.1, -0.05) is 29.8 Å². The van der Waals surface area contributed by atoms with Crippen molar-refractivity contribution >= 4 is 29.6 Å². The van der Waals surface area contributed by atoms with Crippen LogP contribution in [0.3, 0.4) is 0 Å². The fraction of sp³-hybridized carbons (Fsp3) is 0.400. The summed E-state index contributed by atoms with van der Waals surface area (Å²) in [4.78, 5) is 40.2. The molecule has 0 bridgehead atoms. The molecule has 4 amide bonds. The second-order valence-electron chi connectivity index (χ2n) is 9.02. The number of amides is 4. The Kier molecular flexibility index (Phi) is 7.75. The molecule has 1 atom stereocenters. The fourth-order valence-corrected chi connectivity index (χ4v) is 4.92. The first-order chi connectivity index (χ1) is 17.2. The molecule has 0 saturated carbocycles. The molecule has 4 rings (SSSR count). The number of urea groups is 1. The first kappa shape index (κ1) is 25.8. The highest BCUT2D eigenvalue weighted by Gasteiger charge is 2.42. The number of carbonyl (C=O) groups is 3. The van der Waals surface area contributed by atoms with E-state index in [1.54, 1.807) is 12.1 Å². The van der Waals surface area contributed by atoms with Crippen LogP contribution in [-0.2, 0) is 14.9 Å². The van der Waals surface area contributed by atoms with Gasteiger partial charge in [-0.2, -0.15) is 0 Å². The minimum atomic E-state index is -1.06. The number of hydrogen-bond donors (Lipinski definition) is 2. The molecule has 8 nitrogen and oxygen atoms in total. The van der Waals surface area contributed by atoms with Crippen LogP contribution in [0.25, 0.3) is 0 Å². The largest absolute Gasteiger partial charge is 0.446 e. The smallest absolute Gasteiger partial charge is 0.418 e. The number of ether oxygens (including phenoxy) is 1. The standard InChI is InChI=1S/C25H27ClF2N4O4/c26-18-5-3-17(4-6-18)25(22(29)33)8-12-31(13-9-25)11-1-10-30-23(34)32-21(15-36-24(32)35)16-2-7-19(27)20(28)14-16/h2-7,14,21H,1,8-13,15H2,(H2,29,33)(H,30,34). The fourth-order valence-electron chi connectivity index (χ4n) is 4.80. The number of carbonyl (C=O) groups excluding carboxylic acids is 3. The molecular formula is C25H27ClF2N4O4. The minimum absolute atomic E-state index is 0.139. The molecule has 0 aliphatic carbocycles. The van der Waals surface area contributed by atoms with Gasteiger partial charge >= 0.3 is 12.1 Å². The van der Waals surface area contributed by atoms with Gasteiger partial charge < -0.3 is 20.7 Å². The van der Waals surface area contributed by atoms with Crippen LogP contribution in [0.5, 0.6) is 0 Å². The van der Waals surface area contributed by atoms with Crippen molar-refractivity contribution in [1.82, 2.24) is 15.1 Å². The summed E-state index contributed by atoms with van der Waals surface area (Å²) in [6.07, 6.45) is 0.912. The summed E-state index contributed by atoms with van der Waals surface area (Å²) in [5.74, 6) is -2.44. The zero-order valence-corrected chi connectivity index (χ0v) is 20.3. The molecule has 192 valence electrons.